The molecule has 1 aliphatic heterocycles. The summed E-state index contributed by atoms with van der Waals surface area (Å²) in [6.45, 7) is 6.80. The fraction of sp³-hybridized carbons (Fsp3) is 0.409. The van der Waals surface area contributed by atoms with Crippen LogP contribution >= 0.6 is 0 Å². The summed E-state index contributed by atoms with van der Waals surface area (Å²) in [5, 5.41) is 3.10. The van der Waals surface area contributed by atoms with Gasteiger partial charge in [0.2, 0.25) is 5.91 Å². The number of nitrogens with one attached hydrogen (secondary N) is 1. The third-order valence-electron chi connectivity index (χ3n) is 5.42. The van der Waals surface area contributed by atoms with Crippen LogP contribution in [0.15, 0.2) is 42.6 Å². The van der Waals surface area contributed by atoms with Gasteiger partial charge in [0, 0.05) is 31.5 Å². The van der Waals surface area contributed by atoms with Gasteiger partial charge in [-0.2, -0.15) is 0 Å². The number of imidazole rings is 1. The molecule has 0 bridgehead atoms. The molecule has 28 heavy (non-hydrogen) atoms. The highest BCUT2D eigenvalue weighted by atomic mass is 16.1. The van der Waals surface area contributed by atoms with Crippen molar-refractivity contribution in [3.63, 3.8) is 0 Å². The Labute approximate surface area is 165 Å². The molecule has 1 aromatic carbocycles. The Hall–Kier alpha value is -2.89. The number of nitrogens with zero attached hydrogens (tertiary/aromatic N) is 4. The summed E-state index contributed by atoms with van der Waals surface area (Å²) in [5.41, 5.74) is 2.87. The van der Waals surface area contributed by atoms with E-state index in [1.54, 1.807) is 6.20 Å². The van der Waals surface area contributed by atoms with Gasteiger partial charge in [-0.25, -0.2) is 9.97 Å². The topological polar surface area (TPSA) is 63.1 Å². The van der Waals surface area contributed by atoms with E-state index < -0.39 is 0 Å². The first-order chi connectivity index (χ1) is 13.7. The average Bonchev–Trinajstić information content (AvgIpc) is 3.03. The molecule has 1 saturated heterocycles. The molecule has 1 atom stereocenters. The standard InChI is InChI=1S/C22H27N5O/c1-3-12-27-16(2)24-19-14-18(9-10-20(19)27)25-22(28)17-7-6-13-26(15-17)21-8-4-5-11-23-21/h4-5,8-11,14,17H,3,6-7,12-13,15H2,1-2H3,(H,25,28). The highest BCUT2D eigenvalue weighted by molar-refractivity contribution is 5.95. The lowest BCUT2D eigenvalue weighted by atomic mass is 9.97. The highest BCUT2D eigenvalue weighted by Crippen LogP contribution is 2.24. The second-order valence-corrected chi connectivity index (χ2v) is 7.48. The molecule has 0 spiro atoms. The number of aromatic nitrogens is 3. The minimum atomic E-state index is -0.0363. The molecule has 1 N–H and O–H groups in total. The molecule has 6 nitrogen and oxygen atoms in total. The normalized spacial score (nSPS) is 17.1. The lowest BCUT2D eigenvalue weighted by Crippen LogP contribution is -2.41. The number of amides is 1. The lowest BCUT2D eigenvalue weighted by molar-refractivity contribution is -0.120. The van der Waals surface area contributed by atoms with E-state index in [9.17, 15) is 4.79 Å². The number of benzene rings is 1. The van der Waals surface area contributed by atoms with Crippen LogP contribution in [0.4, 0.5) is 11.5 Å². The molecule has 3 heterocycles. The summed E-state index contributed by atoms with van der Waals surface area (Å²) >= 11 is 0. The predicted octanol–water partition coefficient (Wildman–Crippen LogP) is 4.00. The molecule has 0 aliphatic carbocycles. The van der Waals surface area contributed by atoms with Crippen LogP contribution in [0.1, 0.15) is 32.0 Å². The van der Waals surface area contributed by atoms with Gasteiger partial charge in [-0.3, -0.25) is 4.79 Å². The van der Waals surface area contributed by atoms with Gasteiger partial charge in [-0.05, 0) is 56.5 Å². The number of piperidine rings is 1. The van der Waals surface area contributed by atoms with E-state index in [0.717, 1.165) is 60.7 Å². The van der Waals surface area contributed by atoms with Crippen LogP contribution in [0.3, 0.4) is 0 Å². The van der Waals surface area contributed by atoms with E-state index in [0.29, 0.717) is 6.54 Å². The Morgan fingerprint density at radius 3 is 2.96 bits per heavy atom. The number of hydrogen-bond donors (Lipinski definition) is 1. The fourth-order valence-electron chi connectivity index (χ4n) is 4.02. The van der Waals surface area contributed by atoms with Crippen LogP contribution in [-0.2, 0) is 11.3 Å². The quantitative estimate of drug-likeness (QED) is 0.730. The first-order valence-electron chi connectivity index (χ1n) is 10.1. The number of carbonyl (C=O) groups is 1. The first-order valence-corrected chi connectivity index (χ1v) is 10.1. The molecule has 6 heteroatoms. The van der Waals surface area contributed by atoms with Crippen molar-refractivity contribution in [1.82, 2.24) is 14.5 Å². The van der Waals surface area contributed by atoms with E-state index in [1.165, 1.54) is 0 Å². The summed E-state index contributed by atoms with van der Waals surface area (Å²) in [6.07, 6.45) is 4.77. The Kier molecular flexibility index (Phi) is 5.28. The maximum atomic E-state index is 12.9. The average molecular weight is 377 g/mol. The van der Waals surface area contributed by atoms with Gasteiger partial charge in [-0.1, -0.05) is 13.0 Å². The second kappa shape index (κ2) is 8.00. The van der Waals surface area contributed by atoms with Crippen LogP contribution < -0.4 is 10.2 Å². The molecule has 3 aromatic rings. The van der Waals surface area contributed by atoms with Gasteiger partial charge in [0.1, 0.15) is 11.6 Å². The van der Waals surface area contributed by atoms with Crippen molar-refractivity contribution in [3.05, 3.63) is 48.4 Å². The maximum absolute atomic E-state index is 12.9. The van der Waals surface area contributed by atoms with Crippen molar-refractivity contribution in [3.8, 4) is 0 Å². The summed E-state index contributed by atoms with van der Waals surface area (Å²) < 4.78 is 2.23. The highest BCUT2D eigenvalue weighted by Gasteiger charge is 2.26. The first kappa shape index (κ1) is 18.5. The minimum Gasteiger partial charge on any atom is -0.356 e. The van der Waals surface area contributed by atoms with Crippen LogP contribution in [0.25, 0.3) is 11.0 Å². The summed E-state index contributed by atoms with van der Waals surface area (Å²) in [6, 6.07) is 11.9. The minimum absolute atomic E-state index is 0.0363. The number of anilines is 2. The Bertz CT molecular complexity index is 966. The number of hydrogen-bond acceptors (Lipinski definition) is 4. The summed E-state index contributed by atoms with van der Waals surface area (Å²) in [4.78, 5) is 24.2. The SMILES string of the molecule is CCCn1c(C)nc2cc(NC(=O)C3CCCN(c4ccccn4)C3)ccc21. The molecule has 0 saturated carbocycles. The zero-order valence-corrected chi connectivity index (χ0v) is 16.6. The van der Waals surface area contributed by atoms with Crippen molar-refractivity contribution < 1.29 is 4.79 Å². The van der Waals surface area contributed by atoms with Gasteiger partial charge in [0.25, 0.3) is 0 Å². The third kappa shape index (κ3) is 3.72. The molecule has 1 aliphatic rings. The smallest absolute Gasteiger partial charge is 0.229 e. The zero-order valence-electron chi connectivity index (χ0n) is 16.6. The van der Waals surface area contributed by atoms with Crippen LogP contribution in [-0.4, -0.2) is 33.5 Å². The summed E-state index contributed by atoms with van der Waals surface area (Å²) in [7, 11) is 0. The molecule has 0 radical (unpaired) electrons. The van der Waals surface area contributed by atoms with E-state index in [-0.39, 0.29) is 11.8 Å². The van der Waals surface area contributed by atoms with Gasteiger partial charge < -0.3 is 14.8 Å². The second-order valence-electron chi connectivity index (χ2n) is 7.48. The monoisotopic (exact) mass is 377 g/mol. The zero-order chi connectivity index (χ0) is 19.5. The van der Waals surface area contributed by atoms with E-state index in [1.807, 2.05) is 37.3 Å². The third-order valence-corrected chi connectivity index (χ3v) is 5.42. The number of rotatable bonds is 5. The van der Waals surface area contributed by atoms with Crippen LogP contribution in [0, 0.1) is 12.8 Å². The molecular weight excluding hydrogens is 350 g/mol. The molecule has 1 fully saturated rings. The maximum Gasteiger partial charge on any atom is 0.229 e. The Morgan fingerprint density at radius 1 is 1.29 bits per heavy atom. The number of fused-ring (bicyclic) bond motifs is 1. The number of carbonyl (C=O) groups excluding carboxylic acids is 1. The van der Waals surface area contributed by atoms with E-state index in [4.69, 9.17) is 0 Å². The number of aryl methyl sites for hydroxylation is 2. The molecule has 1 amide bonds. The van der Waals surface area contributed by atoms with Crippen molar-refractivity contribution in [2.45, 2.75) is 39.7 Å². The molecule has 2 aromatic heterocycles. The van der Waals surface area contributed by atoms with Gasteiger partial charge in [0.15, 0.2) is 0 Å². The molecule has 1 unspecified atom stereocenters. The molecule has 146 valence electrons. The Morgan fingerprint density at radius 2 is 2.18 bits per heavy atom. The summed E-state index contributed by atoms with van der Waals surface area (Å²) in [5.74, 6) is 1.99. The van der Waals surface area contributed by atoms with Gasteiger partial charge in [-0.15, -0.1) is 0 Å². The largest absolute Gasteiger partial charge is 0.356 e. The van der Waals surface area contributed by atoms with Gasteiger partial charge in [0.05, 0.1) is 17.0 Å². The fourth-order valence-corrected chi connectivity index (χ4v) is 4.02. The van der Waals surface area contributed by atoms with Crippen molar-refractivity contribution in [1.29, 1.82) is 0 Å². The van der Waals surface area contributed by atoms with E-state index >= 15 is 0 Å². The van der Waals surface area contributed by atoms with Crippen molar-refractivity contribution >= 4 is 28.4 Å². The number of pyridine rings is 1. The van der Waals surface area contributed by atoms with Crippen LogP contribution in [0.5, 0.6) is 0 Å². The molecule has 4 rings (SSSR count). The molecular formula is C22H27N5O. The van der Waals surface area contributed by atoms with Crippen LogP contribution in [0.2, 0.25) is 0 Å². The van der Waals surface area contributed by atoms with Crippen molar-refractivity contribution in [2.75, 3.05) is 23.3 Å². The van der Waals surface area contributed by atoms with Crippen molar-refractivity contribution in [2.24, 2.45) is 5.92 Å². The Balaban J connectivity index is 1.47. The predicted molar refractivity (Wildman–Crippen MR) is 113 cm³/mol. The van der Waals surface area contributed by atoms with E-state index in [2.05, 4.69) is 37.7 Å². The lowest BCUT2D eigenvalue weighted by Gasteiger charge is -2.32. The van der Waals surface area contributed by atoms with Gasteiger partial charge >= 0.3 is 0 Å².